The van der Waals surface area contributed by atoms with E-state index in [-0.39, 0.29) is 5.82 Å². The van der Waals surface area contributed by atoms with Gasteiger partial charge in [-0.1, -0.05) is 15.9 Å². The number of nitrogens with one attached hydrogen (secondary N) is 1. The van der Waals surface area contributed by atoms with Crippen molar-refractivity contribution in [2.24, 2.45) is 0 Å². The number of nitrogens with zero attached hydrogens (tertiary/aromatic N) is 3. The Balaban J connectivity index is 2.41. The third-order valence-electron chi connectivity index (χ3n) is 3.20. The highest BCUT2D eigenvalue weighted by atomic mass is 79.9. The number of hydrogen-bond acceptors (Lipinski definition) is 2. The van der Waals surface area contributed by atoms with Crippen LogP contribution in [0.2, 0.25) is 0 Å². The summed E-state index contributed by atoms with van der Waals surface area (Å²) in [6, 6.07) is 4.92. The molecular weight excluding hydrogens is 343 g/mol. The number of aromatic nitrogens is 4. The highest BCUT2D eigenvalue weighted by Crippen LogP contribution is 2.25. The summed E-state index contributed by atoms with van der Waals surface area (Å²) in [7, 11) is 0. The number of fused-ring (bicyclic) bond motifs is 1. The van der Waals surface area contributed by atoms with Crippen LogP contribution in [0.15, 0.2) is 22.7 Å². The van der Waals surface area contributed by atoms with E-state index in [0.717, 1.165) is 16.9 Å². The summed E-state index contributed by atoms with van der Waals surface area (Å²) in [5.74, 6) is -0.335. The van der Waals surface area contributed by atoms with Gasteiger partial charge in [0.05, 0.1) is 11.4 Å². The largest absolute Gasteiger partial charge is 0.327 e. The summed E-state index contributed by atoms with van der Waals surface area (Å²) >= 11 is 8.60. The van der Waals surface area contributed by atoms with E-state index in [0.29, 0.717) is 21.5 Å². The second-order valence-electron chi connectivity index (χ2n) is 4.46. The molecule has 0 saturated heterocycles. The minimum atomic E-state index is -0.335. The average molecular weight is 355 g/mol. The first kappa shape index (κ1) is 13.5. The van der Waals surface area contributed by atoms with Crippen molar-refractivity contribution in [1.29, 1.82) is 0 Å². The van der Waals surface area contributed by atoms with Gasteiger partial charge in [0.25, 0.3) is 0 Å². The number of H-pyrrole nitrogens is 1. The van der Waals surface area contributed by atoms with Gasteiger partial charge in [-0.05, 0) is 44.3 Å². The van der Waals surface area contributed by atoms with E-state index < -0.39 is 0 Å². The molecule has 0 saturated carbocycles. The molecular formula is C13H12BrFN4S. The molecule has 20 heavy (non-hydrogen) atoms. The number of hydrogen-bond donors (Lipinski definition) is 1. The van der Waals surface area contributed by atoms with Crippen LogP contribution in [0.4, 0.5) is 4.39 Å². The molecule has 4 nitrogen and oxygen atoms in total. The first-order valence-corrected chi connectivity index (χ1v) is 7.36. The van der Waals surface area contributed by atoms with E-state index in [2.05, 4.69) is 26.0 Å². The van der Waals surface area contributed by atoms with E-state index in [4.69, 9.17) is 12.2 Å². The topological polar surface area (TPSA) is 38.5 Å². The Bertz CT molecular complexity index is 861. The predicted molar refractivity (Wildman–Crippen MR) is 82.3 cm³/mol. The number of benzene rings is 1. The quantitative estimate of drug-likeness (QED) is 0.703. The lowest BCUT2D eigenvalue weighted by Crippen LogP contribution is -2.05. The van der Waals surface area contributed by atoms with Gasteiger partial charge in [0, 0.05) is 11.0 Å². The van der Waals surface area contributed by atoms with Crippen LogP contribution >= 0.6 is 28.1 Å². The van der Waals surface area contributed by atoms with Gasteiger partial charge in [-0.15, -0.1) is 0 Å². The fraction of sp³-hybridized carbons (Fsp3) is 0.231. The van der Waals surface area contributed by atoms with Crippen molar-refractivity contribution in [2.75, 3.05) is 0 Å². The van der Waals surface area contributed by atoms with Crippen LogP contribution in [0.1, 0.15) is 12.6 Å². The van der Waals surface area contributed by atoms with Crippen molar-refractivity contribution in [2.45, 2.75) is 20.4 Å². The van der Waals surface area contributed by atoms with Crippen LogP contribution in [0.3, 0.4) is 0 Å². The van der Waals surface area contributed by atoms with Crippen LogP contribution in [-0.2, 0) is 6.54 Å². The number of imidazole rings is 1. The Morgan fingerprint density at radius 3 is 2.85 bits per heavy atom. The molecule has 2 aromatic heterocycles. The smallest absolute Gasteiger partial charge is 0.184 e. The summed E-state index contributed by atoms with van der Waals surface area (Å²) in [6.45, 7) is 4.58. The lowest BCUT2D eigenvalue weighted by atomic mass is 10.3. The summed E-state index contributed by atoms with van der Waals surface area (Å²) < 4.78 is 18.9. The monoisotopic (exact) mass is 354 g/mol. The maximum atomic E-state index is 14.2. The molecule has 0 bridgehead atoms. The summed E-state index contributed by atoms with van der Waals surface area (Å²) in [5.41, 5.74) is 2.90. The highest BCUT2D eigenvalue weighted by Gasteiger charge is 2.17. The maximum absolute atomic E-state index is 14.2. The average Bonchev–Trinajstić information content (AvgIpc) is 2.88. The summed E-state index contributed by atoms with van der Waals surface area (Å²) in [4.78, 5) is 3.11. The molecule has 0 spiro atoms. The van der Waals surface area contributed by atoms with Gasteiger partial charge in [-0.25, -0.2) is 9.07 Å². The van der Waals surface area contributed by atoms with Crippen molar-refractivity contribution in [3.8, 4) is 5.69 Å². The molecule has 0 aliphatic rings. The predicted octanol–water partition coefficient (Wildman–Crippen LogP) is 4.11. The molecule has 0 radical (unpaired) electrons. The number of aromatic amines is 1. The SMILES string of the molecule is CCn1nc(C)c2[nH]c(=S)n(-c3ccc(Br)cc3F)c21. The lowest BCUT2D eigenvalue weighted by Gasteiger charge is -2.07. The van der Waals surface area contributed by atoms with Crippen molar-refractivity contribution in [3.63, 3.8) is 0 Å². The van der Waals surface area contributed by atoms with Gasteiger partial charge in [-0.3, -0.25) is 4.57 Å². The van der Waals surface area contributed by atoms with Gasteiger partial charge in [-0.2, -0.15) is 5.10 Å². The zero-order valence-corrected chi connectivity index (χ0v) is 13.3. The normalized spacial score (nSPS) is 11.4. The maximum Gasteiger partial charge on any atom is 0.184 e. The summed E-state index contributed by atoms with van der Waals surface area (Å²) in [6.07, 6.45) is 0. The molecule has 0 amide bonds. The molecule has 0 aliphatic heterocycles. The standard InChI is InChI=1S/C13H12BrFN4S/c1-3-18-12-11(7(2)17-18)16-13(20)19(12)10-5-4-8(14)6-9(10)15/h4-6H,3H2,1-2H3,(H,16,20). The van der Waals surface area contributed by atoms with E-state index in [1.807, 2.05) is 18.5 Å². The van der Waals surface area contributed by atoms with Crippen molar-refractivity contribution in [3.05, 3.63) is 39.0 Å². The second-order valence-corrected chi connectivity index (χ2v) is 5.76. The van der Waals surface area contributed by atoms with Gasteiger partial charge in [0.1, 0.15) is 11.3 Å². The van der Waals surface area contributed by atoms with Crippen molar-refractivity contribution >= 4 is 39.3 Å². The lowest BCUT2D eigenvalue weighted by molar-refractivity contribution is 0.612. The Hall–Kier alpha value is -1.47. The van der Waals surface area contributed by atoms with Gasteiger partial charge < -0.3 is 4.98 Å². The molecule has 0 atom stereocenters. The third kappa shape index (κ3) is 1.92. The molecule has 1 aromatic carbocycles. The van der Waals surface area contributed by atoms with Gasteiger partial charge in [0.2, 0.25) is 0 Å². The molecule has 7 heteroatoms. The van der Waals surface area contributed by atoms with Crippen LogP contribution in [0, 0.1) is 17.5 Å². The van der Waals surface area contributed by atoms with E-state index in [1.165, 1.54) is 6.07 Å². The van der Waals surface area contributed by atoms with E-state index in [1.54, 1.807) is 16.7 Å². The summed E-state index contributed by atoms with van der Waals surface area (Å²) in [5, 5.41) is 4.43. The third-order valence-corrected chi connectivity index (χ3v) is 3.98. The van der Waals surface area contributed by atoms with Crippen LogP contribution in [0.5, 0.6) is 0 Å². The molecule has 0 fully saturated rings. The fourth-order valence-electron chi connectivity index (χ4n) is 2.31. The molecule has 3 aromatic rings. The second kappa shape index (κ2) is 4.82. The Kier molecular flexibility index (Phi) is 3.25. The fourth-order valence-corrected chi connectivity index (χ4v) is 2.93. The zero-order valence-electron chi connectivity index (χ0n) is 10.9. The van der Waals surface area contributed by atoms with Crippen LogP contribution in [-0.4, -0.2) is 19.3 Å². The Labute approximate surface area is 128 Å². The van der Waals surface area contributed by atoms with Crippen LogP contribution < -0.4 is 0 Å². The molecule has 3 rings (SSSR count). The molecule has 0 unspecified atom stereocenters. The van der Waals surface area contributed by atoms with Crippen molar-refractivity contribution < 1.29 is 4.39 Å². The molecule has 2 heterocycles. The minimum absolute atomic E-state index is 0.335. The first-order chi connectivity index (χ1) is 9.52. The number of halogens is 2. The highest BCUT2D eigenvalue weighted by molar-refractivity contribution is 9.10. The Morgan fingerprint density at radius 1 is 1.45 bits per heavy atom. The first-order valence-electron chi connectivity index (χ1n) is 6.16. The zero-order chi connectivity index (χ0) is 14.4. The number of rotatable bonds is 2. The van der Waals surface area contributed by atoms with Crippen molar-refractivity contribution in [1.82, 2.24) is 19.3 Å². The van der Waals surface area contributed by atoms with Gasteiger partial charge in [0.15, 0.2) is 10.4 Å². The van der Waals surface area contributed by atoms with E-state index >= 15 is 0 Å². The van der Waals surface area contributed by atoms with E-state index in [9.17, 15) is 4.39 Å². The van der Waals surface area contributed by atoms with Crippen LogP contribution in [0.25, 0.3) is 16.9 Å². The molecule has 0 aliphatic carbocycles. The molecule has 104 valence electrons. The molecule has 1 N–H and O–H groups in total. The number of aryl methyl sites for hydroxylation is 2. The minimum Gasteiger partial charge on any atom is -0.327 e. The Morgan fingerprint density at radius 2 is 2.20 bits per heavy atom. The van der Waals surface area contributed by atoms with Gasteiger partial charge >= 0.3 is 0 Å².